The number of benzene rings is 1. The molecule has 2 rings (SSSR count). The highest BCUT2D eigenvalue weighted by molar-refractivity contribution is 6.30. The van der Waals surface area contributed by atoms with Gasteiger partial charge in [0, 0.05) is 57.1 Å². The number of halogens is 1. The molecule has 0 aromatic heterocycles. The van der Waals surface area contributed by atoms with Crippen LogP contribution in [0.25, 0.3) is 0 Å². The van der Waals surface area contributed by atoms with Crippen LogP contribution in [0.1, 0.15) is 6.42 Å². The summed E-state index contributed by atoms with van der Waals surface area (Å²) in [6.07, 6.45) is 1.01. The molecule has 0 aliphatic carbocycles. The van der Waals surface area contributed by atoms with Crippen LogP contribution in [-0.4, -0.2) is 82.3 Å². The molecule has 0 spiro atoms. The van der Waals surface area contributed by atoms with Crippen LogP contribution in [0, 0.1) is 0 Å². The summed E-state index contributed by atoms with van der Waals surface area (Å²) in [7, 11) is 3.83. The van der Waals surface area contributed by atoms with Crippen LogP contribution in [0.15, 0.2) is 29.3 Å². The number of hydrogen-bond donors (Lipinski definition) is 1. The minimum Gasteiger partial charge on any atom is -0.383 e. The monoisotopic (exact) mass is 367 g/mol. The van der Waals surface area contributed by atoms with E-state index in [9.17, 15) is 0 Å². The van der Waals surface area contributed by atoms with Gasteiger partial charge in [0.1, 0.15) is 0 Å². The lowest BCUT2D eigenvalue weighted by atomic mass is 10.2. The quantitative estimate of drug-likeness (QED) is 0.431. The second kappa shape index (κ2) is 10.5. The summed E-state index contributed by atoms with van der Waals surface area (Å²) in [6, 6.07) is 8.00. The Kier molecular flexibility index (Phi) is 8.31. The Morgan fingerprint density at radius 3 is 2.52 bits per heavy atom. The molecule has 6 nitrogen and oxygen atoms in total. The highest BCUT2D eigenvalue weighted by Crippen LogP contribution is 2.19. The van der Waals surface area contributed by atoms with E-state index in [0.717, 1.165) is 63.9 Å². The number of piperazine rings is 1. The number of likely N-dealkylation sites (N-methyl/N-ethyl adjacent to an activating group) is 1. The van der Waals surface area contributed by atoms with Crippen LogP contribution in [0.3, 0.4) is 0 Å². The predicted octanol–water partition coefficient (Wildman–Crippen LogP) is 1.74. The molecule has 0 atom stereocenters. The Labute approximate surface area is 156 Å². The van der Waals surface area contributed by atoms with Crippen molar-refractivity contribution in [2.24, 2.45) is 10.7 Å². The number of anilines is 1. The summed E-state index contributed by atoms with van der Waals surface area (Å²) in [5.74, 6) is 0.662. The fraction of sp³-hybridized carbons (Fsp3) is 0.611. The molecule has 0 amide bonds. The highest BCUT2D eigenvalue weighted by atomic mass is 35.5. The van der Waals surface area contributed by atoms with Crippen molar-refractivity contribution in [1.29, 1.82) is 0 Å². The van der Waals surface area contributed by atoms with Gasteiger partial charge in [0.05, 0.1) is 6.61 Å². The maximum absolute atomic E-state index is 6.16. The van der Waals surface area contributed by atoms with E-state index in [-0.39, 0.29) is 0 Å². The summed E-state index contributed by atoms with van der Waals surface area (Å²) in [6.45, 7) is 7.15. The lowest BCUT2D eigenvalue weighted by Crippen LogP contribution is -2.51. The highest BCUT2D eigenvalue weighted by Gasteiger charge is 2.18. The molecule has 0 radical (unpaired) electrons. The van der Waals surface area contributed by atoms with Crippen molar-refractivity contribution < 1.29 is 4.74 Å². The van der Waals surface area contributed by atoms with Gasteiger partial charge in [0.25, 0.3) is 0 Å². The van der Waals surface area contributed by atoms with E-state index >= 15 is 0 Å². The fourth-order valence-corrected chi connectivity index (χ4v) is 2.96. The smallest absolute Gasteiger partial charge is 0.191 e. The van der Waals surface area contributed by atoms with Gasteiger partial charge in [-0.05, 0) is 44.3 Å². The maximum Gasteiger partial charge on any atom is 0.191 e. The standard InChI is InChI=1S/C18H30ClN5O/c1-22(14-15-25-2)9-3-8-21-18(20)24-12-10-23(11-13-24)17-6-4-16(19)5-7-17/h4-7H,3,8-15H2,1-2H3,(H2,20,21). The Morgan fingerprint density at radius 2 is 1.88 bits per heavy atom. The number of guanidine groups is 1. The van der Waals surface area contributed by atoms with Crippen LogP contribution < -0.4 is 10.6 Å². The van der Waals surface area contributed by atoms with E-state index < -0.39 is 0 Å². The third kappa shape index (κ3) is 6.72. The molecule has 25 heavy (non-hydrogen) atoms. The van der Waals surface area contributed by atoms with Gasteiger partial charge in [0.15, 0.2) is 5.96 Å². The zero-order valence-electron chi connectivity index (χ0n) is 15.3. The summed E-state index contributed by atoms with van der Waals surface area (Å²) in [5, 5.41) is 0.770. The average Bonchev–Trinajstić information content (AvgIpc) is 2.64. The van der Waals surface area contributed by atoms with Crippen molar-refractivity contribution in [3.8, 4) is 0 Å². The van der Waals surface area contributed by atoms with Gasteiger partial charge >= 0.3 is 0 Å². The molecule has 1 aliphatic heterocycles. The van der Waals surface area contributed by atoms with Crippen molar-refractivity contribution in [2.75, 3.05) is 71.5 Å². The van der Waals surface area contributed by atoms with Crippen LogP contribution in [0.4, 0.5) is 5.69 Å². The molecule has 1 aromatic rings. The topological polar surface area (TPSA) is 57.3 Å². The first-order valence-corrected chi connectivity index (χ1v) is 9.21. The number of hydrogen-bond acceptors (Lipinski definition) is 4. The lowest BCUT2D eigenvalue weighted by molar-refractivity contribution is 0.161. The minimum atomic E-state index is 0.662. The van der Waals surface area contributed by atoms with E-state index in [2.05, 4.69) is 38.9 Å². The molecule has 1 fully saturated rings. The molecule has 0 saturated carbocycles. The summed E-state index contributed by atoms with van der Waals surface area (Å²) in [5.41, 5.74) is 7.36. The maximum atomic E-state index is 6.16. The first kappa shape index (κ1) is 19.8. The van der Waals surface area contributed by atoms with Gasteiger partial charge in [0.2, 0.25) is 0 Å². The second-order valence-electron chi connectivity index (χ2n) is 6.34. The summed E-state index contributed by atoms with van der Waals surface area (Å²) in [4.78, 5) is 11.3. The van der Waals surface area contributed by atoms with Crippen molar-refractivity contribution in [1.82, 2.24) is 9.80 Å². The molecule has 1 saturated heterocycles. The summed E-state index contributed by atoms with van der Waals surface area (Å²) >= 11 is 5.95. The molecule has 0 unspecified atom stereocenters. The number of aliphatic imine (C=N–C) groups is 1. The van der Waals surface area contributed by atoms with Gasteiger partial charge in [-0.3, -0.25) is 4.99 Å². The zero-order chi connectivity index (χ0) is 18.1. The van der Waals surface area contributed by atoms with E-state index in [1.54, 1.807) is 7.11 Å². The molecule has 1 aliphatic rings. The number of rotatable bonds is 8. The molecular weight excluding hydrogens is 338 g/mol. The van der Waals surface area contributed by atoms with Gasteiger partial charge in [-0.15, -0.1) is 0 Å². The molecule has 2 N–H and O–H groups in total. The first-order chi connectivity index (χ1) is 12.1. The summed E-state index contributed by atoms with van der Waals surface area (Å²) < 4.78 is 5.08. The number of nitrogens with zero attached hydrogens (tertiary/aromatic N) is 4. The normalized spacial score (nSPS) is 15.9. The van der Waals surface area contributed by atoms with Crippen molar-refractivity contribution >= 4 is 23.2 Å². The van der Waals surface area contributed by atoms with Gasteiger partial charge < -0.3 is 25.2 Å². The van der Waals surface area contributed by atoms with Crippen LogP contribution in [0.2, 0.25) is 5.02 Å². The van der Waals surface area contributed by atoms with Crippen molar-refractivity contribution in [3.63, 3.8) is 0 Å². The van der Waals surface area contributed by atoms with Gasteiger partial charge in [-0.25, -0.2) is 0 Å². The second-order valence-corrected chi connectivity index (χ2v) is 6.78. The van der Waals surface area contributed by atoms with E-state index in [0.29, 0.717) is 5.96 Å². The fourth-order valence-electron chi connectivity index (χ4n) is 2.84. The molecular formula is C18H30ClN5O. The Morgan fingerprint density at radius 1 is 1.20 bits per heavy atom. The van der Waals surface area contributed by atoms with Gasteiger partial charge in [-0.2, -0.15) is 0 Å². The molecule has 1 aromatic carbocycles. The third-order valence-corrected chi connectivity index (χ3v) is 4.70. The van der Waals surface area contributed by atoms with Crippen molar-refractivity contribution in [2.45, 2.75) is 6.42 Å². The number of nitrogens with two attached hydrogens (primary N) is 1. The number of methoxy groups -OCH3 is 1. The minimum absolute atomic E-state index is 0.662. The van der Waals surface area contributed by atoms with E-state index in [1.165, 1.54) is 5.69 Å². The lowest BCUT2D eigenvalue weighted by Gasteiger charge is -2.36. The predicted molar refractivity (Wildman–Crippen MR) is 106 cm³/mol. The Bertz CT molecular complexity index is 529. The SMILES string of the molecule is COCCN(C)CCCN=C(N)N1CCN(c2ccc(Cl)cc2)CC1. The van der Waals surface area contributed by atoms with Crippen molar-refractivity contribution in [3.05, 3.63) is 29.3 Å². The van der Waals surface area contributed by atoms with E-state index in [4.69, 9.17) is 22.1 Å². The zero-order valence-corrected chi connectivity index (χ0v) is 16.1. The largest absolute Gasteiger partial charge is 0.383 e. The van der Waals surface area contributed by atoms with Gasteiger partial charge in [-0.1, -0.05) is 11.6 Å². The molecule has 1 heterocycles. The van der Waals surface area contributed by atoms with Crippen LogP contribution in [-0.2, 0) is 4.74 Å². The molecule has 7 heteroatoms. The van der Waals surface area contributed by atoms with Crippen LogP contribution in [0.5, 0.6) is 0 Å². The molecule has 140 valence electrons. The average molecular weight is 368 g/mol. The first-order valence-electron chi connectivity index (χ1n) is 8.83. The molecule has 0 bridgehead atoms. The number of ether oxygens (including phenoxy) is 1. The Balaban J connectivity index is 1.69. The third-order valence-electron chi connectivity index (χ3n) is 4.44. The van der Waals surface area contributed by atoms with E-state index in [1.807, 2.05) is 12.1 Å². The van der Waals surface area contributed by atoms with Crippen LogP contribution >= 0.6 is 11.6 Å². The Hall–Kier alpha value is -1.50.